The quantitative estimate of drug-likeness (QED) is 0.777. The molecule has 2 unspecified atom stereocenters. The second-order valence-corrected chi connectivity index (χ2v) is 7.58. The van der Waals surface area contributed by atoms with Gasteiger partial charge in [0.05, 0.1) is 13.2 Å². The first-order valence-corrected chi connectivity index (χ1v) is 8.72. The minimum absolute atomic E-state index is 0.215. The highest BCUT2D eigenvalue weighted by Crippen LogP contribution is 2.31. The maximum absolute atomic E-state index is 12.1. The van der Waals surface area contributed by atoms with Crippen molar-refractivity contribution in [1.82, 2.24) is 0 Å². The summed E-state index contributed by atoms with van der Waals surface area (Å²) >= 11 is 0. The van der Waals surface area contributed by atoms with Gasteiger partial charge in [0.2, 0.25) is 5.90 Å². The van der Waals surface area contributed by atoms with Crippen LogP contribution in [-0.2, 0) is 19.5 Å². The summed E-state index contributed by atoms with van der Waals surface area (Å²) in [4.78, 5) is 0. The van der Waals surface area contributed by atoms with Crippen LogP contribution in [0.25, 0.3) is 0 Å². The lowest BCUT2D eigenvalue weighted by molar-refractivity contribution is 0.0192. The molecule has 3 aliphatic rings. The molecule has 1 saturated carbocycles. The van der Waals surface area contributed by atoms with Crippen LogP contribution in [0.1, 0.15) is 44.9 Å². The SMILES string of the molecule is O=S1(=O)N=C(CC2CCCCC2)OC2CCOCC21. The molecule has 2 heterocycles. The topological polar surface area (TPSA) is 65.0 Å². The Kier molecular flexibility index (Phi) is 3.80. The van der Waals surface area contributed by atoms with Crippen LogP contribution >= 0.6 is 0 Å². The minimum Gasteiger partial charge on any atom is -0.475 e. The number of fused-ring (bicyclic) bond motifs is 1. The molecule has 0 spiro atoms. The number of hydrogen-bond donors (Lipinski definition) is 0. The van der Waals surface area contributed by atoms with E-state index in [0.29, 0.717) is 31.3 Å². The van der Waals surface area contributed by atoms with E-state index in [1.807, 2.05) is 0 Å². The lowest BCUT2D eigenvalue weighted by atomic mass is 9.87. The zero-order chi connectivity index (χ0) is 13.3. The Hall–Kier alpha value is -0.620. The highest BCUT2D eigenvalue weighted by molar-refractivity contribution is 7.91. The molecule has 108 valence electrons. The standard InChI is InChI=1S/C13H21NO4S/c15-19(16)12-9-17-7-6-11(12)18-13(14-19)8-10-4-2-1-3-5-10/h10-12H,1-9H2. The molecule has 0 aromatic rings. The summed E-state index contributed by atoms with van der Waals surface area (Å²) in [5.74, 6) is 0.981. The Bertz CT molecular complexity index is 453. The summed E-state index contributed by atoms with van der Waals surface area (Å²) in [6.45, 7) is 0.792. The van der Waals surface area contributed by atoms with Crippen molar-refractivity contribution in [2.45, 2.75) is 56.3 Å². The molecule has 0 bridgehead atoms. The van der Waals surface area contributed by atoms with Crippen LogP contribution in [-0.4, -0.2) is 38.9 Å². The van der Waals surface area contributed by atoms with Gasteiger partial charge >= 0.3 is 0 Å². The maximum Gasteiger partial charge on any atom is 0.265 e. The van der Waals surface area contributed by atoms with Gasteiger partial charge in [-0.1, -0.05) is 19.3 Å². The van der Waals surface area contributed by atoms with E-state index >= 15 is 0 Å². The Balaban J connectivity index is 1.73. The van der Waals surface area contributed by atoms with Crippen LogP contribution < -0.4 is 0 Å². The summed E-state index contributed by atoms with van der Waals surface area (Å²) < 4.78 is 39.2. The van der Waals surface area contributed by atoms with Gasteiger partial charge in [0.25, 0.3) is 10.0 Å². The average Bonchev–Trinajstić information content (AvgIpc) is 2.39. The summed E-state index contributed by atoms with van der Waals surface area (Å²) in [6.07, 6.45) is 7.19. The molecule has 5 nitrogen and oxygen atoms in total. The van der Waals surface area contributed by atoms with Gasteiger partial charge in [-0.15, -0.1) is 4.40 Å². The highest BCUT2D eigenvalue weighted by atomic mass is 32.2. The molecule has 1 aliphatic carbocycles. The van der Waals surface area contributed by atoms with Crippen molar-refractivity contribution in [3.63, 3.8) is 0 Å². The van der Waals surface area contributed by atoms with Crippen LogP contribution in [0.4, 0.5) is 0 Å². The van der Waals surface area contributed by atoms with Crippen LogP contribution in [0.3, 0.4) is 0 Å². The molecule has 1 saturated heterocycles. The van der Waals surface area contributed by atoms with Crippen LogP contribution in [0, 0.1) is 5.92 Å². The fourth-order valence-corrected chi connectivity index (χ4v) is 4.61. The smallest absolute Gasteiger partial charge is 0.265 e. The largest absolute Gasteiger partial charge is 0.475 e. The van der Waals surface area contributed by atoms with Gasteiger partial charge in [0.15, 0.2) is 0 Å². The first-order chi connectivity index (χ1) is 9.15. The zero-order valence-corrected chi connectivity index (χ0v) is 11.9. The van der Waals surface area contributed by atoms with E-state index < -0.39 is 15.3 Å². The first kappa shape index (κ1) is 13.4. The molecule has 2 aliphatic heterocycles. The van der Waals surface area contributed by atoms with Crippen molar-refractivity contribution >= 4 is 15.9 Å². The molecule has 3 rings (SSSR count). The number of sulfonamides is 1. The fraction of sp³-hybridized carbons (Fsp3) is 0.923. The molecule has 0 aromatic carbocycles. The van der Waals surface area contributed by atoms with Crippen molar-refractivity contribution in [1.29, 1.82) is 0 Å². The van der Waals surface area contributed by atoms with E-state index in [2.05, 4.69) is 4.40 Å². The molecular weight excluding hydrogens is 266 g/mol. The predicted octanol–water partition coefficient (Wildman–Crippen LogP) is 1.87. The average molecular weight is 287 g/mol. The minimum atomic E-state index is -3.45. The molecule has 2 atom stereocenters. The second kappa shape index (κ2) is 5.40. The second-order valence-electron chi connectivity index (χ2n) is 5.77. The predicted molar refractivity (Wildman–Crippen MR) is 71.6 cm³/mol. The van der Waals surface area contributed by atoms with E-state index in [1.54, 1.807) is 0 Å². The summed E-state index contributed by atoms with van der Waals surface area (Å²) in [6, 6.07) is 0. The first-order valence-electron chi connectivity index (χ1n) is 7.22. The summed E-state index contributed by atoms with van der Waals surface area (Å²) in [5.41, 5.74) is 0. The third-order valence-electron chi connectivity index (χ3n) is 4.33. The number of rotatable bonds is 2. The van der Waals surface area contributed by atoms with Crippen molar-refractivity contribution < 1.29 is 17.9 Å². The zero-order valence-electron chi connectivity index (χ0n) is 11.1. The van der Waals surface area contributed by atoms with Crippen molar-refractivity contribution in [2.24, 2.45) is 10.3 Å². The van der Waals surface area contributed by atoms with E-state index in [9.17, 15) is 8.42 Å². The molecule has 19 heavy (non-hydrogen) atoms. The number of hydrogen-bond acceptors (Lipinski definition) is 4. The normalized spacial score (nSPS) is 35.1. The number of nitrogens with zero attached hydrogens (tertiary/aromatic N) is 1. The van der Waals surface area contributed by atoms with E-state index in [-0.39, 0.29) is 12.7 Å². The molecule has 6 heteroatoms. The monoisotopic (exact) mass is 287 g/mol. The van der Waals surface area contributed by atoms with Gasteiger partial charge in [-0.25, -0.2) is 8.42 Å². The van der Waals surface area contributed by atoms with Crippen LogP contribution in [0.2, 0.25) is 0 Å². The maximum atomic E-state index is 12.1. The molecule has 0 radical (unpaired) electrons. The van der Waals surface area contributed by atoms with Gasteiger partial charge in [-0.2, -0.15) is 0 Å². The summed E-state index contributed by atoms with van der Waals surface area (Å²) in [7, 11) is -3.45. The Morgan fingerprint density at radius 1 is 1.16 bits per heavy atom. The van der Waals surface area contributed by atoms with Crippen molar-refractivity contribution in [3.05, 3.63) is 0 Å². The van der Waals surface area contributed by atoms with E-state index in [0.717, 1.165) is 0 Å². The molecular formula is C13H21NO4S. The van der Waals surface area contributed by atoms with Gasteiger partial charge in [0, 0.05) is 12.8 Å². The molecule has 0 aromatic heterocycles. The van der Waals surface area contributed by atoms with E-state index in [4.69, 9.17) is 9.47 Å². The van der Waals surface area contributed by atoms with Crippen LogP contribution in [0.15, 0.2) is 4.40 Å². The Morgan fingerprint density at radius 3 is 2.74 bits per heavy atom. The van der Waals surface area contributed by atoms with Gasteiger partial charge in [-0.3, -0.25) is 0 Å². The van der Waals surface area contributed by atoms with Crippen molar-refractivity contribution in [2.75, 3.05) is 13.2 Å². The Labute approximate surface area is 114 Å². The van der Waals surface area contributed by atoms with Gasteiger partial charge in [-0.05, 0) is 18.8 Å². The number of ether oxygens (including phenoxy) is 2. The highest BCUT2D eigenvalue weighted by Gasteiger charge is 2.42. The van der Waals surface area contributed by atoms with Crippen molar-refractivity contribution in [3.8, 4) is 0 Å². The van der Waals surface area contributed by atoms with Gasteiger partial charge in [0.1, 0.15) is 11.4 Å². The lowest BCUT2D eigenvalue weighted by Gasteiger charge is -2.34. The third-order valence-corrected chi connectivity index (χ3v) is 5.99. The molecule has 2 fully saturated rings. The molecule has 0 N–H and O–H groups in total. The Morgan fingerprint density at radius 2 is 1.95 bits per heavy atom. The lowest BCUT2D eigenvalue weighted by Crippen LogP contribution is -2.47. The van der Waals surface area contributed by atoms with Gasteiger partial charge < -0.3 is 9.47 Å². The third kappa shape index (κ3) is 2.94. The fourth-order valence-electron chi connectivity index (χ4n) is 3.23. The van der Waals surface area contributed by atoms with Crippen LogP contribution in [0.5, 0.6) is 0 Å². The summed E-state index contributed by atoms with van der Waals surface area (Å²) in [5, 5.41) is -0.601. The molecule has 0 amide bonds. The van der Waals surface area contributed by atoms with E-state index in [1.165, 1.54) is 32.1 Å².